The normalized spacial score (nSPS) is 13.7. The van der Waals surface area contributed by atoms with Crippen LogP contribution in [0.4, 0.5) is 0 Å². The zero-order valence-electron chi connectivity index (χ0n) is 4.71. The molecule has 0 radical (unpaired) electrons. The summed E-state index contributed by atoms with van der Waals surface area (Å²) < 4.78 is 0.864. The number of aliphatic hydroxyl groups excluding tert-OH is 1. The SMILES string of the molecule is C[C@H](O)c1nnc(I)s1. The summed E-state index contributed by atoms with van der Waals surface area (Å²) in [6, 6.07) is 0. The molecule has 50 valence electrons. The molecule has 0 aliphatic rings. The quantitative estimate of drug-likeness (QED) is 0.768. The first kappa shape index (κ1) is 7.36. The first-order valence-corrected chi connectivity index (χ1v) is 4.26. The molecule has 0 aliphatic heterocycles. The van der Waals surface area contributed by atoms with Crippen molar-refractivity contribution in [3.8, 4) is 0 Å². The van der Waals surface area contributed by atoms with Gasteiger partial charge in [0.15, 0.2) is 3.01 Å². The van der Waals surface area contributed by atoms with Gasteiger partial charge < -0.3 is 5.11 Å². The van der Waals surface area contributed by atoms with Gasteiger partial charge in [-0.05, 0) is 29.5 Å². The minimum atomic E-state index is -0.481. The predicted molar refractivity (Wildman–Crippen MR) is 43.3 cm³/mol. The molecule has 1 heterocycles. The zero-order valence-corrected chi connectivity index (χ0v) is 7.68. The number of halogens is 1. The monoisotopic (exact) mass is 256 g/mol. The molecule has 1 N–H and O–H groups in total. The third-order valence-electron chi connectivity index (χ3n) is 0.773. The molecule has 0 saturated carbocycles. The van der Waals surface area contributed by atoms with E-state index in [1.54, 1.807) is 6.92 Å². The second kappa shape index (κ2) is 2.89. The van der Waals surface area contributed by atoms with Gasteiger partial charge in [0.25, 0.3) is 0 Å². The molecule has 1 aromatic heterocycles. The summed E-state index contributed by atoms with van der Waals surface area (Å²) in [4.78, 5) is 0. The Kier molecular flexibility index (Phi) is 2.36. The first-order chi connectivity index (χ1) is 4.20. The fourth-order valence-electron chi connectivity index (χ4n) is 0.385. The maximum atomic E-state index is 8.94. The van der Waals surface area contributed by atoms with Crippen LogP contribution < -0.4 is 0 Å². The van der Waals surface area contributed by atoms with Crippen LogP contribution in [0.3, 0.4) is 0 Å². The number of nitrogens with zero attached hydrogens (tertiary/aromatic N) is 2. The molecule has 0 amide bonds. The third-order valence-corrected chi connectivity index (χ3v) is 2.53. The van der Waals surface area contributed by atoms with E-state index in [-0.39, 0.29) is 0 Å². The fourth-order valence-corrected chi connectivity index (χ4v) is 1.68. The van der Waals surface area contributed by atoms with Crippen LogP contribution in [0.1, 0.15) is 18.0 Å². The summed E-state index contributed by atoms with van der Waals surface area (Å²) >= 11 is 3.48. The van der Waals surface area contributed by atoms with Crippen LogP contribution in [0.2, 0.25) is 0 Å². The molecular formula is C4H5IN2OS. The first-order valence-electron chi connectivity index (χ1n) is 2.37. The average Bonchev–Trinajstić information content (AvgIpc) is 2.14. The minimum Gasteiger partial charge on any atom is -0.386 e. The van der Waals surface area contributed by atoms with Crippen molar-refractivity contribution in [3.63, 3.8) is 0 Å². The topological polar surface area (TPSA) is 46.0 Å². The standard InChI is InChI=1S/C4H5IN2OS/c1-2(8)3-6-7-4(5)9-3/h2,8H,1H3/t2-/m0/s1. The predicted octanol–water partition coefficient (Wildman–Crippen LogP) is 1.20. The van der Waals surface area contributed by atoms with Crippen molar-refractivity contribution in [2.24, 2.45) is 0 Å². The summed E-state index contributed by atoms with van der Waals surface area (Å²) in [6.45, 7) is 1.68. The highest BCUT2D eigenvalue weighted by molar-refractivity contribution is 14.1. The van der Waals surface area contributed by atoms with Crippen LogP contribution in [0, 0.1) is 3.01 Å². The number of hydrogen-bond acceptors (Lipinski definition) is 4. The molecule has 3 nitrogen and oxygen atoms in total. The van der Waals surface area contributed by atoms with Gasteiger partial charge in [-0.3, -0.25) is 0 Å². The van der Waals surface area contributed by atoms with Crippen LogP contribution in [0.15, 0.2) is 0 Å². The van der Waals surface area contributed by atoms with Crippen molar-refractivity contribution in [2.45, 2.75) is 13.0 Å². The Morgan fingerprint density at radius 2 is 2.33 bits per heavy atom. The second-order valence-electron chi connectivity index (χ2n) is 1.57. The molecule has 0 aromatic carbocycles. The largest absolute Gasteiger partial charge is 0.386 e. The van der Waals surface area contributed by atoms with Gasteiger partial charge in [-0.2, -0.15) is 0 Å². The van der Waals surface area contributed by atoms with Crippen molar-refractivity contribution in [3.05, 3.63) is 8.02 Å². The lowest BCUT2D eigenvalue weighted by atomic mass is 10.4. The van der Waals surface area contributed by atoms with Crippen LogP contribution in [0.5, 0.6) is 0 Å². The van der Waals surface area contributed by atoms with E-state index in [1.807, 2.05) is 0 Å². The Bertz CT molecular complexity index is 200. The van der Waals surface area contributed by atoms with Gasteiger partial charge in [0.05, 0.1) is 0 Å². The van der Waals surface area contributed by atoms with Crippen molar-refractivity contribution in [1.29, 1.82) is 0 Å². The summed E-state index contributed by atoms with van der Waals surface area (Å²) in [5.74, 6) is 0. The average molecular weight is 256 g/mol. The molecule has 5 heteroatoms. The lowest BCUT2D eigenvalue weighted by Gasteiger charge is -1.92. The van der Waals surface area contributed by atoms with Crippen molar-refractivity contribution in [1.82, 2.24) is 10.2 Å². The van der Waals surface area contributed by atoms with Gasteiger partial charge >= 0.3 is 0 Å². The van der Waals surface area contributed by atoms with Crippen LogP contribution >= 0.6 is 33.9 Å². The Hall–Kier alpha value is 0.250. The van der Waals surface area contributed by atoms with E-state index in [9.17, 15) is 0 Å². The maximum absolute atomic E-state index is 8.94. The Balaban J connectivity index is 2.85. The summed E-state index contributed by atoms with van der Waals surface area (Å²) in [7, 11) is 0. The Morgan fingerprint density at radius 1 is 1.67 bits per heavy atom. The number of rotatable bonds is 1. The molecule has 0 saturated heterocycles. The van der Waals surface area contributed by atoms with E-state index >= 15 is 0 Å². The van der Waals surface area contributed by atoms with Crippen LogP contribution in [0.25, 0.3) is 0 Å². The maximum Gasteiger partial charge on any atom is 0.178 e. The third kappa shape index (κ3) is 1.84. The summed E-state index contributed by atoms with van der Waals surface area (Å²) in [5, 5.41) is 17.1. The van der Waals surface area contributed by atoms with E-state index in [2.05, 4.69) is 32.8 Å². The van der Waals surface area contributed by atoms with Gasteiger partial charge in [0, 0.05) is 0 Å². The summed E-state index contributed by atoms with van der Waals surface area (Å²) in [5.41, 5.74) is 0. The lowest BCUT2D eigenvalue weighted by Crippen LogP contribution is -1.88. The molecule has 0 unspecified atom stereocenters. The van der Waals surface area contributed by atoms with E-state index in [0.29, 0.717) is 5.01 Å². The Labute approximate surface area is 70.3 Å². The summed E-state index contributed by atoms with van der Waals surface area (Å²) in [6.07, 6.45) is -0.481. The molecule has 1 atom stereocenters. The van der Waals surface area contributed by atoms with Crippen molar-refractivity contribution in [2.75, 3.05) is 0 Å². The zero-order chi connectivity index (χ0) is 6.85. The molecular weight excluding hydrogens is 251 g/mol. The number of hydrogen-bond donors (Lipinski definition) is 1. The molecule has 1 rings (SSSR count). The molecule has 0 aliphatic carbocycles. The molecule has 0 fully saturated rings. The number of aromatic nitrogens is 2. The van der Waals surface area contributed by atoms with E-state index in [0.717, 1.165) is 3.01 Å². The Morgan fingerprint density at radius 3 is 2.56 bits per heavy atom. The van der Waals surface area contributed by atoms with Crippen LogP contribution in [-0.4, -0.2) is 15.3 Å². The van der Waals surface area contributed by atoms with Crippen molar-refractivity contribution < 1.29 is 5.11 Å². The fraction of sp³-hybridized carbons (Fsp3) is 0.500. The van der Waals surface area contributed by atoms with Gasteiger partial charge in [-0.25, -0.2) is 0 Å². The second-order valence-corrected chi connectivity index (χ2v) is 4.33. The van der Waals surface area contributed by atoms with Gasteiger partial charge in [-0.15, -0.1) is 10.2 Å². The van der Waals surface area contributed by atoms with E-state index in [1.165, 1.54) is 11.3 Å². The molecule has 0 bridgehead atoms. The number of aliphatic hydroxyl groups is 1. The molecule has 0 spiro atoms. The van der Waals surface area contributed by atoms with Gasteiger partial charge in [-0.1, -0.05) is 11.3 Å². The minimum absolute atomic E-state index is 0.481. The lowest BCUT2D eigenvalue weighted by molar-refractivity contribution is 0.198. The smallest absolute Gasteiger partial charge is 0.178 e. The highest BCUT2D eigenvalue weighted by Crippen LogP contribution is 2.17. The highest BCUT2D eigenvalue weighted by Gasteiger charge is 2.05. The van der Waals surface area contributed by atoms with E-state index < -0.39 is 6.10 Å². The van der Waals surface area contributed by atoms with Gasteiger partial charge in [0.1, 0.15) is 11.1 Å². The highest BCUT2D eigenvalue weighted by atomic mass is 127. The molecule has 9 heavy (non-hydrogen) atoms. The molecule has 1 aromatic rings. The van der Waals surface area contributed by atoms with Crippen LogP contribution in [-0.2, 0) is 0 Å². The van der Waals surface area contributed by atoms with Gasteiger partial charge in [0.2, 0.25) is 0 Å². The van der Waals surface area contributed by atoms with Crippen molar-refractivity contribution >= 4 is 33.9 Å². The van der Waals surface area contributed by atoms with E-state index in [4.69, 9.17) is 5.11 Å².